The first-order valence-electron chi connectivity index (χ1n) is 9.76. The number of H-pyrrole nitrogens is 1. The van der Waals surface area contributed by atoms with E-state index in [0.717, 1.165) is 0 Å². The van der Waals surface area contributed by atoms with Gasteiger partial charge in [-0.1, -0.05) is 0 Å². The number of ether oxygens (including phenoxy) is 1. The number of benzene rings is 2. The van der Waals surface area contributed by atoms with E-state index in [1.807, 2.05) is 0 Å². The summed E-state index contributed by atoms with van der Waals surface area (Å²) in [5.41, 5.74) is 1.69. The monoisotopic (exact) mass is 463 g/mol. The number of aromatic nitrogens is 2. The van der Waals surface area contributed by atoms with Gasteiger partial charge < -0.3 is 29.6 Å². The Kier molecular flexibility index (Phi) is 7.51. The summed E-state index contributed by atoms with van der Waals surface area (Å²) in [7, 11) is -2.53. The Morgan fingerprint density at radius 1 is 1.22 bits per heavy atom. The summed E-state index contributed by atoms with van der Waals surface area (Å²) in [5, 5.41) is 17.3. The average Bonchev–Trinajstić information content (AvgIpc) is 3.15. The van der Waals surface area contributed by atoms with E-state index in [0.29, 0.717) is 29.9 Å². The fourth-order valence-electron chi connectivity index (χ4n) is 2.74. The van der Waals surface area contributed by atoms with Crippen molar-refractivity contribution in [3.05, 3.63) is 42.5 Å². The van der Waals surface area contributed by atoms with E-state index < -0.39 is 16.1 Å². The maximum absolute atomic E-state index is 12.6. The van der Waals surface area contributed by atoms with E-state index in [4.69, 9.17) is 14.0 Å². The van der Waals surface area contributed by atoms with Gasteiger partial charge in [0.1, 0.15) is 10.6 Å². The molecule has 1 atom stereocenters. The number of rotatable bonds is 10. The molecule has 2 aromatic carbocycles. The zero-order chi connectivity index (χ0) is 23.1. The number of imidazole rings is 1. The molecule has 11 nitrogen and oxygen atoms in total. The molecule has 0 radical (unpaired) electrons. The second-order valence-corrected chi connectivity index (χ2v) is 8.47. The molecule has 1 aromatic heterocycles. The van der Waals surface area contributed by atoms with Crippen molar-refractivity contribution in [1.29, 1.82) is 0 Å². The number of aliphatic hydroxyl groups excluding tert-OH is 1. The Balaban J connectivity index is 1.69. The van der Waals surface area contributed by atoms with Crippen LogP contribution in [0.25, 0.3) is 11.0 Å². The van der Waals surface area contributed by atoms with Crippen molar-refractivity contribution in [2.75, 3.05) is 37.5 Å². The Labute approximate surface area is 185 Å². The lowest BCUT2D eigenvalue weighted by molar-refractivity contribution is 0.198. The molecule has 0 saturated heterocycles. The molecule has 0 saturated carbocycles. The van der Waals surface area contributed by atoms with Crippen molar-refractivity contribution in [2.45, 2.75) is 17.9 Å². The predicted molar refractivity (Wildman–Crippen MR) is 119 cm³/mol. The van der Waals surface area contributed by atoms with E-state index in [2.05, 4.69) is 25.9 Å². The van der Waals surface area contributed by atoms with Crippen molar-refractivity contribution in [1.82, 2.24) is 15.3 Å². The number of nitrogens with zero attached hydrogens (tertiary/aromatic N) is 1. The highest BCUT2D eigenvalue weighted by atomic mass is 32.2. The number of aromatic amines is 1. The first-order chi connectivity index (χ1) is 15.3. The van der Waals surface area contributed by atoms with Crippen LogP contribution in [0.3, 0.4) is 0 Å². The number of nitrogens with one attached hydrogen (secondary N) is 4. The van der Waals surface area contributed by atoms with Gasteiger partial charge in [-0.05, 0) is 43.3 Å². The average molecular weight is 464 g/mol. The van der Waals surface area contributed by atoms with Crippen molar-refractivity contribution < 1.29 is 27.2 Å². The van der Waals surface area contributed by atoms with Crippen LogP contribution in [0.15, 0.2) is 47.4 Å². The van der Waals surface area contributed by atoms with Crippen LogP contribution in [0, 0.1) is 0 Å². The van der Waals surface area contributed by atoms with E-state index in [1.165, 1.54) is 31.4 Å². The lowest BCUT2D eigenvalue weighted by atomic mass is 10.3. The van der Waals surface area contributed by atoms with Crippen LogP contribution in [0.2, 0.25) is 0 Å². The lowest BCUT2D eigenvalue weighted by Crippen LogP contribution is -2.31. The molecule has 2 amide bonds. The number of hydrogen-bond donors (Lipinski definition) is 5. The predicted octanol–water partition coefficient (Wildman–Crippen LogP) is 1.89. The fraction of sp³-hybridized carbons (Fsp3) is 0.300. The second-order valence-electron chi connectivity index (χ2n) is 6.93. The van der Waals surface area contributed by atoms with Crippen molar-refractivity contribution >= 4 is 38.8 Å². The third-order valence-corrected chi connectivity index (χ3v) is 5.57. The molecule has 1 unspecified atom stereocenters. The molecule has 0 aliphatic carbocycles. The van der Waals surface area contributed by atoms with Crippen LogP contribution in [-0.2, 0) is 14.9 Å². The first-order valence-corrected chi connectivity index (χ1v) is 11.2. The third-order valence-electron chi connectivity index (χ3n) is 4.31. The smallest absolute Gasteiger partial charge is 0.339 e. The highest BCUT2D eigenvalue weighted by Gasteiger charge is 2.18. The molecule has 5 N–H and O–H groups in total. The van der Waals surface area contributed by atoms with Gasteiger partial charge in [0.25, 0.3) is 0 Å². The number of hydrogen-bond acceptors (Lipinski definition) is 8. The molecule has 0 aliphatic rings. The zero-order valence-electron chi connectivity index (χ0n) is 17.6. The van der Waals surface area contributed by atoms with Crippen molar-refractivity contribution in [3.8, 4) is 5.75 Å². The molecule has 1 heterocycles. The normalized spacial score (nSPS) is 12.3. The molecule has 32 heavy (non-hydrogen) atoms. The van der Waals surface area contributed by atoms with Gasteiger partial charge in [0, 0.05) is 31.5 Å². The number of aliphatic hydroxyl groups is 1. The van der Waals surface area contributed by atoms with Crippen LogP contribution >= 0.6 is 0 Å². The first kappa shape index (κ1) is 23.3. The summed E-state index contributed by atoms with van der Waals surface area (Å²) in [5.74, 6) is 0.295. The van der Waals surface area contributed by atoms with Gasteiger partial charge in [-0.3, -0.25) is 5.32 Å². The van der Waals surface area contributed by atoms with Gasteiger partial charge in [0.05, 0.1) is 24.2 Å². The van der Waals surface area contributed by atoms with Gasteiger partial charge in [0.2, 0.25) is 5.95 Å². The lowest BCUT2D eigenvalue weighted by Gasteiger charge is -2.13. The van der Waals surface area contributed by atoms with E-state index in [9.17, 15) is 13.2 Å². The Morgan fingerprint density at radius 3 is 2.66 bits per heavy atom. The molecule has 0 aliphatic heterocycles. The number of carbonyl (C=O) groups is 1. The summed E-state index contributed by atoms with van der Waals surface area (Å²) >= 11 is 0. The van der Waals surface area contributed by atoms with Crippen LogP contribution in [-0.4, -0.2) is 62.4 Å². The van der Waals surface area contributed by atoms with Crippen molar-refractivity contribution in [2.24, 2.45) is 0 Å². The Bertz CT molecular complexity index is 1160. The molecule has 0 spiro atoms. The van der Waals surface area contributed by atoms with Gasteiger partial charge in [-0.25, -0.2) is 9.78 Å². The third kappa shape index (κ3) is 6.09. The molecule has 3 rings (SSSR count). The maximum Gasteiger partial charge on any atom is 0.339 e. The molecular weight excluding hydrogens is 438 g/mol. The quantitative estimate of drug-likeness (QED) is 0.226. The molecule has 0 bridgehead atoms. The van der Waals surface area contributed by atoms with Gasteiger partial charge in [-0.2, -0.15) is 8.42 Å². The van der Waals surface area contributed by atoms with Crippen LogP contribution < -0.4 is 20.1 Å². The summed E-state index contributed by atoms with van der Waals surface area (Å²) in [4.78, 5) is 18.9. The molecule has 172 valence electrons. The summed E-state index contributed by atoms with van der Waals surface area (Å²) < 4.78 is 35.3. The molecule has 0 fully saturated rings. The standard InChI is InChI=1S/C20H25N5O6S/c1-13(12-26)22-14-3-6-16(7-4-14)32(28,29)31-15-5-8-17-18(11-15)24-19(23-17)25-20(27)21-9-10-30-2/h3-8,11,13,22,26H,9-10,12H2,1-2H3,(H3,21,23,24,25,27). The number of anilines is 2. The van der Waals surface area contributed by atoms with Crippen LogP contribution in [0.5, 0.6) is 5.75 Å². The van der Waals surface area contributed by atoms with E-state index in [-0.39, 0.29) is 29.2 Å². The molecular formula is C20H25N5O6S. The Hall–Kier alpha value is -3.35. The largest absolute Gasteiger partial charge is 0.394 e. The number of methoxy groups -OCH3 is 1. The van der Waals surface area contributed by atoms with Crippen LogP contribution in [0.1, 0.15) is 6.92 Å². The summed E-state index contributed by atoms with van der Waals surface area (Å²) in [6.07, 6.45) is 0. The number of fused-ring (bicyclic) bond motifs is 1. The topological polar surface area (TPSA) is 155 Å². The maximum atomic E-state index is 12.6. The van der Waals surface area contributed by atoms with Gasteiger partial charge in [-0.15, -0.1) is 0 Å². The van der Waals surface area contributed by atoms with Crippen molar-refractivity contribution in [3.63, 3.8) is 0 Å². The SMILES string of the molecule is COCCNC(=O)Nc1nc2ccc(OS(=O)(=O)c3ccc(NC(C)CO)cc3)cc2[nH]1. The van der Waals surface area contributed by atoms with Gasteiger partial charge in [0.15, 0.2) is 0 Å². The molecule has 12 heteroatoms. The number of carbonyl (C=O) groups excluding carboxylic acids is 1. The van der Waals surface area contributed by atoms with E-state index in [1.54, 1.807) is 25.1 Å². The zero-order valence-corrected chi connectivity index (χ0v) is 18.4. The fourth-order valence-corrected chi connectivity index (χ4v) is 3.66. The van der Waals surface area contributed by atoms with Crippen LogP contribution in [0.4, 0.5) is 16.4 Å². The van der Waals surface area contributed by atoms with E-state index >= 15 is 0 Å². The molecule has 3 aromatic rings. The number of amides is 2. The second kappa shape index (κ2) is 10.3. The minimum Gasteiger partial charge on any atom is -0.394 e. The number of urea groups is 1. The summed E-state index contributed by atoms with van der Waals surface area (Å²) in [6, 6.07) is 9.94. The summed E-state index contributed by atoms with van der Waals surface area (Å²) in [6.45, 7) is 2.47. The van der Waals surface area contributed by atoms with Gasteiger partial charge >= 0.3 is 16.1 Å². The Morgan fingerprint density at radius 2 is 1.97 bits per heavy atom. The highest BCUT2D eigenvalue weighted by Crippen LogP contribution is 2.24. The minimum absolute atomic E-state index is 0.0144. The highest BCUT2D eigenvalue weighted by molar-refractivity contribution is 7.87. The minimum atomic E-state index is -4.06.